The van der Waals surface area contributed by atoms with Crippen molar-refractivity contribution in [3.05, 3.63) is 24.0 Å². The van der Waals surface area contributed by atoms with E-state index in [0.29, 0.717) is 5.69 Å². The fraction of sp³-hybridized carbons (Fsp3) is 0.600. The van der Waals surface area contributed by atoms with Crippen LogP contribution in [0.3, 0.4) is 0 Å². The van der Waals surface area contributed by atoms with Gasteiger partial charge in [0.2, 0.25) is 0 Å². The Labute approximate surface area is 121 Å². The summed E-state index contributed by atoms with van der Waals surface area (Å²) in [7, 11) is 2.10. The summed E-state index contributed by atoms with van der Waals surface area (Å²) in [6.07, 6.45) is 1.69. The summed E-state index contributed by atoms with van der Waals surface area (Å²) in [5.41, 5.74) is 1.47. The molecule has 1 N–H and O–H groups in total. The molecule has 0 bridgehead atoms. The number of carbonyl (C=O) groups is 1. The highest BCUT2D eigenvalue weighted by Crippen LogP contribution is 2.20. The number of hydrogen-bond donors (Lipinski definition) is 1. The molecule has 1 aromatic rings. The van der Waals surface area contributed by atoms with E-state index in [0.717, 1.165) is 31.9 Å². The Bertz CT molecular complexity index is 487. The molecule has 0 atom stereocenters. The van der Waals surface area contributed by atoms with Crippen molar-refractivity contribution in [2.45, 2.75) is 26.3 Å². The van der Waals surface area contributed by atoms with E-state index in [9.17, 15) is 4.79 Å². The average molecular weight is 276 g/mol. The van der Waals surface area contributed by atoms with Gasteiger partial charge in [-0.2, -0.15) is 0 Å². The number of piperazine rings is 1. The summed E-state index contributed by atoms with van der Waals surface area (Å²) in [4.78, 5) is 21.0. The second-order valence-electron chi connectivity index (χ2n) is 5.92. The molecule has 0 saturated carbocycles. The Morgan fingerprint density at radius 2 is 2.20 bits per heavy atom. The first kappa shape index (κ1) is 14.8. The number of aromatic nitrogens is 1. The molecule has 0 aliphatic carbocycles. The van der Waals surface area contributed by atoms with E-state index in [4.69, 9.17) is 0 Å². The smallest absolute Gasteiger partial charge is 0.272 e. The highest BCUT2D eigenvalue weighted by molar-refractivity contribution is 5.93. The van der Waals surface area contributed by atoms with Crippen LogP contribution < -0.4 is 5.32 Å². The quantitative estimate of drug-likeness (QED) is 0.912. The van der Waals surface area contributed by atoms with Crippen LogP contribution in [0.4, 0.5) is 5.69 Å². The van der Waals surface area contributed by atoms with Crippen molar-refractivity contribution in [3.63, 3.8) is 0 Å². The first-order valence-corrected chi connectivity index (χ1v) is 7.14. The molecule has 1 fully saturated rings. The Morgan fingerprint density at radius 3 is 2.85 bits per heavy atom. The zero-order valence-electron chi connectivity index (χ0n) is 12.8. The highest BCUT2D eigenvalue weighted by atomic mass is 16.2. The molecule has 110 valence electrons. The summed E-state index contributed by atoms with van der Waals surface area (Å²) in [6.45, 7) is 9.57. The fourth-order valence-electron chi connectivity index (χ4n) is 2.44. The van der Waals surface area contributed by atoms with E-state index in [1.165, 1.54) is 0 Å². The van der Waals surface area contributed by atoms with Crippen molar-refractivity contribution in [3.8, 4) is 0 Å². The third-order valence-electron chi connectivity index (χ3n) is 3.96. The average Bonchev–Trinajstić information content (AvgIpc) is 2.42. The second-order valence-corrected chi connectivity index (χ2v) is 5.92. The highest BCUT2D eigenvalue weighted by Gasteiger charge is 2.33. The molecule has 1 saturated heterocycles. The van der Waals surface area contributed by atoms with Crippen LogP contribution in [0.1, 0.15) is 31.3 Å². The number of carbonyl (C=O) groups excluding carboxylic acids is 1. The van der Waals surface area contributed by atoms with E-state index in [-0.39, 0.29) is 11.4 Å². The van der Waals surface area contributed by atoms with Gasteiger partial charge in [-0.15, -0.1) is 0 Å². The predicted octanol–water partition coefficient (Wildman–Crippen LogP) is 1.68. The van der Waals surface area contributed by atoms with Gasteiger partial charge in [-0.25, -0.2) is 0 Å². The van der Waals surface area contributed by atoms with Gasteiger partial charge >= 0.3 is 0 Å². The molecule has 1 aromatic heterocycles. The summed E-state index contributed by atoms with van der Waals surface area (Å²) >= 11 is 0. The van der Waals surface area contributed by atoms with Crippen molar-refractivity contribution in [2.24, 2.45) is 0 Å². The van der Waals surface area contributed by atoms with Gasteiger partial charge < -0.3 is 10.2 Å². The van der Waals surface area contributed by atoms with Crippen molar-refractivity contribution in [1.29, 1.82) is 0 Å². The minimum absolute atomic E-state index is 0.00713. The Morgan fingerprint density at radius 1 is 1.45 bits per heavy atom. The molecule has 20 heavy (non-hydrogen) atoms. The molecular weight excluding hydrogens is 252 g/mol. The van der Waals surface area contributed by atoms with Crippen LogP contribution in [0.15, 0.2) is 18.3 Å². The van der Waals surface area contributed by atoms with Crippen LogP contribution in [-0.4, -0.2) is 59.5 Å². The van der Waals surface area contributed by atoms with Crippen LogP contribution in [0.25, 0.3) is 0 Å². The Hall–Kier alpha value is -1.62. The molecule has 1 amide bonds. The zero-order valence-corrected chi connectivity index (χ0v) is 12.8. The van der Waals surface area contributed by atoms with Crippen LogP contribution in [-0.2, 0) is 0 Å². The van der Waals surface area contributed by atoms with Gasteiger partial charge in [-0.3, -0.25) is 14.7 Å². The molecule has 2 rings (SSSR count). The number of rotatable bonds is 3. The molecule has 5 nitrogen and oxygen atoms in total. The van der Waals surface area contributed by atoms with Gasteiger partial charge in [-0.1, -0.05) is 0 Å². The SMILES string of the molecule is CCNc1ccnc(C(=O)N2CCN(C)C(C)(C)C2)c1. The zero-order chi connectivity index (χ0) is 14.8. The van der Waals surface area contributed by atoms with Gasteiger partial charge in [0.05, 0.1) is 0 Å². The van der Waals surface area contributed by atoms with Gasteiger partial charge in [0.15, 0.2) is 0 Å². The third-order valence-corrected chi connectivity index (χ3v) is 3.96. The van der Waals surface area contributed by atoms with Gasteiger partial charge in [0.25, 0.3) is 5.91 Å². The lowest BCUT2D eigenvalue weighted by atomic mass is 9.99. The summed E-state index contributed by atoms with van der Waals surface area (Å²) in [5.74, 6) is 0.0194. The van der Waals surface area contributed by atoms with Crippen LogP contribution >= 0.6 is 0 Å². The molecule has 0 unspecified atom stereocenters. The van der Waals surface area contributed by atoms with E-state index in [2.05, 4.69) is 36.1 Å². The normalized spacial score (nSPS) is 18.9. The van der Waals surface area contributed by atoms with E-state index in [1.54, 1.807) is 6.20 Å². The van der Waals surface area contributed by atoms with Crippen molar-refractivity contribution < 1.29 is 4.79 Å². The van der Waals surface area contributed by atoms with Crippen molar-refractivity contribution in [2.75, 3.05) is 38.5 Å². The van der Waals surface area contributed by atoms with Crippen LogP contribution in [0, 0.1) is 0 Å². The lowest BCUT2D eigenvalue weighted by Gasteiger charge is -2.45. The Balaban J connectivity index is 2.13. The van der Waals surface area contributed by atoms with E-state index < -0.39 is 0 Å². The molecule has 0 radical (unpaired) electrons. The van der Waals surface area contributed by atoms with Crippen molar-refractivity contribution in [1.82, 2.24) is 14.8 Å². The predicted molar refractivity (Wildman–Crippen MR) is 81.0 cm³/mol. The lowest BCUT2D eigenvalue weighted by Crippen LogP contribution is -2.58. The minimum Gasteiger partial charge on any atom is -0.385 e. The number of nitrogens with one attached hydrogen (secondary N) is 1. The maximum Gasteiger partial charge on any atom is 0.272 e. The largest absolute Gasteiger partial charge is 0.385 e. The van der Waals surface area contributed by atoms with E-state index in [1.807, 2.05) is 24.0 Å². The molecule has 1 aliphatic heterocycles. The number of amides is 1. The maximum absolute atomic E-state index is 12.6. The number of anilines is 1. The van der Waals surface area contributed by atoms with Gasteiger partial charge in [0.1, 0.15) is 5.69 Å². The molecular formula is C15H24N4O. The second kappa shape index (κ2) is 5.79. The van der Waals surface area contributed by atoms with Gasteiger partial charge in [0, 0.05) is 43.6 Å². The van der Waals surface area contributed by atoms with Gasteiger partial charge in [-0.05, 0) is 40.0 Å². The number of nitrogens with zero attached hydrogens (tertiary/aromatic N) is 3. The number of likely N-dealkylation sites (N-methyl/N-ethyl adjacent to an activating group) is 1. The Kier molecular flexibility index (Phi) is 4.28. The number of hydrogen-bond acceptors (Lipinski definition) is 4. The lowest BCUT2D eigenvalue weighted by molar-refractivity contribution is 0.0307. The molecule has 2 heterocycles. The fourth-order valence-corrected chi connectivity index (χ4v) is 2.44. The molecule has 0 aromatic carbocycles. The summed E-state index contributed by atoms with van der Waals surface area (Å²) < 4.78 is 0. The molecule has 1 aliphatic rings. The summed E-state index contributed by atoms with van der Waals surface area (Å²) in [6, 6.07) is 3.71. The third kappa shape index (κ3) is 3.10. The standard InChI is InChI=1S/C15H24N4O/c1-5-16-12-6-7-17-13(10-12)14(20)19-9-8-18(4)15(2,3)11-19/h6-7,10H,5,8-9,11H2,1-4H3,(H,16,17). The van der Waals surface area contributed by atoms with Crippen molar-refractivity contribution >= 4 is 11.6 Å². The first-order valence-electron chi connectivity index (χ1n) is 7.14. The topological polar surface area (TPSA) is 48.5 Å². The first-order chi connectivity index (χ1) is 9.44. The monoisotopic (exact) mass is 276 g/mol. The molecule has 5 heteroatoms. The number of pyridine rings is 1. The van der Waals surface area contributed by atoms with Crippen LogP contribution in [0.2, 0.25) is 0 Å². The maximum atomic E-state index is 12.6. The minimum atomic E-state index is 0.00713. The van der Waals surface area contributed by atoms with Crippen LogP contribution in [0.5, 0.6) is 0 Å². The van der Waals surface area contributed by atoms with E-state index >= 15 is 0 Å². The molecule has 0 spiro atoms. The summed E-state index contributed by atoms with van der Waals surface area (Å²) in [5, 5.41) is 3.21.